The third kappa shape index (κ3) is 3.38. The van der Waals surface area contributed by atoms with E-state index in [1.54, 1.807) is 12.1 Å². The summed E-state index contributed by atoms with van der Waals surface area (Å²) in [6.07, 6.45) is 0.603. The van der Waals surface area contributed by atoms with Crippen LogP contribution in [0, 0.1) is 0 Å². The van der Waals surface area contributed by atoms with Crippen LogP contribution in [0.25, 0.3) is 0 Å². The molecule has 0 atom stereocenters. The van der Waals surface area contributed by atoms with Crippen LogP contribution in [0.2, 0.25) is 5.02 Å². The van der Waals surface area contributed by atoms with Gasteiger partial charge in [-0.3, -0.25) is 13.9 Å². The Kier molecular flexibility index (Phi) is 4.88. The summed E-state index contributed by atoms with van der Waals surface area (Å²) in [5.74, 6) is -1.31. The number of carbonyl (C=O) groups is 2. The lowest BCUT2D eigenvalue weighted by Gasteiger charge is -2.20. The molecule has 3 N–H and O–H groups in total. The summed E-state index contributed by atoms with van der Waals surface area (Å²) in [5, 5.41) is 2.33. The van der Waals surface area contributed by atoms with Crippen LogP contribution in [-0.4, -0.2) is 33.3 Å². The molecule has 0 saturated heterocycles. The molecule has 136 valence electrons. The Hall–Kier alpha value is -2.58. The second-order valence-corrected chi connectivity index (χ2v) is 7.99. The zero-order valence-electron chi connectivity index (χ0n) is 13.6. The zero-order valence-corrected chi connectivity index (χ0v) is 15.2. The summed E-state index contributed by atoms with van der Waals surface area (Å²) in [7, 11) is -3.94. The zero-order chi connectivity index (χ0) is 18.9. The number of rotatable bonds is 5. The number of carbonyl (C=O) groups excluding carboxylic acids is 2. The molecular weight excluding hydrogens is 378 g/mol. The van der Waals surface area contributed by atoms with Gasteiger partial charge in [0.25, 0.3) is 15.9 Å². The van der Waals surface area contributed by atoms with Gasteiger partial charge < -0.3 is 11.1 Å². The van der Waals surface area contributed by atoms with Crippen LogP contribution in [-0.2, 0) is 21.2 Å². The number of fused-ring (bicyclic) bond motifs is 1. The van der Waals surface area contributed by atoms with Crippen molar-refractivity contribution in [1.29, 1.82) is 0 Å². The van der Waals surface area contributed by atoms with Crippen molar-refractivity contribution >= 4 is 39.1 Å². The van der Waals surface area contributed by atoms with Crippen LogP contribution in [0.5, 0.6) is 0 Å². The van der Waals surface area contributed by atoms with Crippen molar-refractivity contribution < 1.29 is 18.0 Å². The van der Waals surface area contributed by atoms with Crippen LogP contribution >= 0.6 is 11.6 Å². The summed E-state index contributed by atoms with van der Waals surface area (Å²) in [5.41, 5.74) is 6.60. The predicted octanol–water partition coefficient (Wildman–Crippen LogP) is 1.31. The first-order valence-electron chi connectivity index (χ1n) is 7.77. The molecule has 1 aliphatic rings. The average molecular weight is 394 g/mol. The van der Waals surface area contributed by atoms with Crippen LogP contribution < -0.4 is 15.4 Å². The van der Waals surface area contributed by atoms with Gasteiger partial charge in [0.2, 0.25) is 5.91 Å². The van der Waals surface area contributed by atoms with Crippen molar-refractivity contribution in [3.05, 3.63) is 58.6 Å². The van der Waals surface area contributed by atoms with Crippen molar-refractivity contribution in [2.45, 2.75) is 11.3 Å². The van der Waals surface area contributed by atoms with Gasteiger partial charge in [-0.05, 0) is 36.2 Å². The lowest BCUT2D eigenvalue weighted by Crippen LogP contribution is -2.33. The van der Waals surface area contributed by atoms with Crippen molar-refractivity contribution in [3.8, 4) is 0 Å². The number of amides is 2. The highest BCUT2D eigenvalue weighted by Crippen LogP contribution is 2.35. The Morgan fingerprint density at radius 2 is 1.92 bits per heavy atom. The second kappa shape index (κ2) is 6.97. The normalized spacial score (nSPS) is 13.3. The highest BCUT2D eigenvalue weighted by molar-refractivity contribution is 7.93. The van der Waals surface area contributed by atoms with Gasteiger partial charge >= 0.3 is 0 Å². The molecule has 1 aliphatic heterocycles. The van der Waals surface area contributed by atoms with Crippen molar-refractivity contribution in [2.75, 3.05) is 17.4 Å². The van der Waals surface area contributed by atoms with E-state index in [0.717, 1.165) is 5.56 Å². The average Bonchev–Trinajstić information content (AvgIpc) is 3.04. The lowest BCUT2D eigenvalue weighted by atomic mass is 10.2. The van der Waals surface area contributed by atoms with E-state index >= 15 is 0 Å². The highest BCUT2D eigenvalue weighted by atomic mass is 35.5. The van der Waals surface area contributed by atoms with Crippen LogP contribution in [0.4, 0.5) is 5.69 Å². The van der Waals surface area contributed by atoms with E-state index in [4.69, 9.17) is 17.3 Å². The van der Waals surface area contributed by atoms with E-state index in [1.165, 1.54) is 22.5 Å². The van der Waals surface area contributed by atoms with Gasteiger partial charge in [-0.2, -0.15) is 0 Å². The van der Waals surface area contributed by atoms with Gasteiger partial charge in [0.05, 0.1) is 17.3 Å². The Morgan fingerprint density at radius 3 is 2.65 bits per heavy atom. The minimum Gasteiger partial charge on any atom is -0.368 e. The molecule has 2 aromatic rings. The minimum absolute atomic E-state index is 0.0147. The molecule has 0 radical (unpaired) electrons. The first-order chi connectivity index (χ1) is 12.3. The summed E-state index contributed by atoms with van der Waals surface area (Å²) >= 11 is 6.11. The lowest BCUT2D eigenvalue weighted by molar-refractivity contribution is -0.117. The van der Waals surface area contributed by atoms with Crippen molar-refractivity contribution in [3.63, 3.8) is 0 Å². The summed E-state index contributed by atoms with van der Waals surface area (Å²) in [6.45, 7) is -0.0425. The first-order valence-corrected chi connectivity index (χ1v) is 9.59. The third-order valence-corrected chi connectivity index (χ3v) is 6.32. The number of benzene rings is 2. The largest absolute Gasteiger partial charge is 0.368 e. The number of primary amides is 1. The second-order valence-electron chi connectivity index (χ2n) is 5.75. The monoisotopic (exact) mass is 393 g/mol. The molecule has 0 aliphatic carbocycles. The molecule has 2 amide bonds. The molecule has 0 aromatic heterocycles. The van der Waals surface area contributed by atoms with Gasteiger partial charge in [0, 0.05) is 12.1 Å². The van der Waals surface area contributed by atoms with Gasteiger partial charge in [0.1, 0.15) is 4.90 Å². The molecule has 0 bridgehead atoms. The van der Waals surface area contributed by atoms with Crippen LogP contribution in [0.15, 0.2) is 47.4 Å². The molecule has 0 saturated carbocycles. The maximum atomic E-state index is 13.1. The number of sulfonamides is 1. The summed E-state index contributed by atoms with van der Waals surface area (Å²) in [4.78, 5) is 22.7. The minimum atomic E-state index is -3.94. The highest BCUT2D eigenvalue weighted by Gasteiger charge is 2.32. The number of hydrogen-bond donors (Lipinski definition) is 2. The molecule has 26 heavy (non-hydrogen) atoms. The Bertz CT molecular complexity index is 991. The Balaban J connectivity index is 1.97. The number of halogens is 1. The first kappa shape index (κ1) is 18.2. The van der Waals surface area contributed by atoms with Gasteiger partial charge in [-0.15, -0.1) is 0 Å². The maximum Gasteiger partial charge on any atom is 0.265 e. The van der Waals surface area contributed by atoms with E-state index in [0.29, 0.717) is 18.7 Å². The number of hydrogen-bond acceptors (Lipinski definition) is 4. The standard InChI is InChI=1S/C17H16ClN3O4S/c18-13-6-5-12(17(23)20-10-16(19)22)9-15(13)26(24,25)21-8-7-11-3-1-2-4-14(11)21/h1-6,9H,7-8,10H2,(H2,19,22)(H,20,23). The fourth-order valence-electron chi connectivity index (χ4n) is 2.79. The third-order valence-electron chi connectivity index (χ3n) is 4.03. The molecule has 0 unspecified atom stereocenters. The van der Waals surface area contributed by atoms with Crippen molar-refractivity contribution in [2.24, 2.45) is 5.73 Å². The number of nitrogens with two attached hydrogens (primary N) is 1. The maximum absolute atomic E-state index is 13.1. The molecule has 7 nitrogen and oxygen atoms in total. The van der Waals surface area contributed by atoms with Gasteiger partial charge in [0.15, 0.2) is 0 Å². The van der Waals surface area contributed by atoms with E-state index < -0.39 is 21.8 Å². The quantitative estimate of drug-likeness (QED) is 0.797. The predicted molar refractivity (Wildman–Crippen MR) is 97.7 cm³/mol. The van der Waals surface area contributed by atoms with Gasteiger partial charge in [-0.25, -0.2) is 8.42 Å². The van der Waals surface area contributed by atoms with Gasteiger partial charge in [-0.1, -0.05) is 29.8 Å². The molecule has 2 aromatic carbocycles. The fourth-order valence-corrected chi connectivity index (χ4v) is 4.79. The van der Waals surface area contributed by atoms with E-state index in [9.17, 15) is 18.0 Å². The molecule has 1 heterocycles. The number of nitrogens with zero attached hydrogens (tertiary/aromatic N) is 1. The SMILES string of the molecule is NC(=O)CNC(=O)c1ccc(Cl)c(S(=O)(=O)N2CCc3ccccc32)c1. The Labute approximate surface area is 155 Å². The number of anilines is 1. The fraction of sp³-hybridized carbons (Fsp3) is 0.176. The topological polar surface area (TPSA) is 110 Å². The number of para-hydroxylation sites is 1. The smallest absolute Gasteiger partial charge is 0.265 e. The molecule has 0 spiro atoms. The van der Waals surface area contributed by atoms with E-state index in [-0.39, 0.29) is 22.0 Å². The Morgan fingerprint density at radius 1 is 1.19 bits per heavy atom. The van der Waals surface area contributed by atoms with E-state index in [2.05, 4.69) is 5.32 Å². The van der Waals surface area contributed by atoms with E-state index in [1.807, 2.05) is 12.1 Å². The molecular formula is C17H16ClN3O4S. The summed E-state index contributed by atoms with van der Waals surface area (Å²) < 4.78 is 27.5. The number of nitrogens with one attached hydrogen (secondary N) is 1. The van der Waals surface area contributed by atoms with Crippen LogP contribution in [0.3, 0.4) is 0 Å². The molecule has 0 fully saturated rings. The van der Waals surface area contributed by atoms with Crippen molar-refractivity contribution in [1.82, 2.24) is 5.32 Å². The van der Waals surface area contributed by atoms with Crippen LogP contribution in [0.1, 0.15) is 15.9 Å². The molecule has 9 heteroatoms. The summed E-state index contributed by atoms with van der Waals surface area (Å²) in [6, 6.07) is 11.2. The molecule has 3 rings (SSSR count).